The molecule has 2 rings (SSSR count). The van der Waals surface area contributed by atoms with Crippen molar-refractivity contribution in [2.75, 3.05) is 12.4 Å². The minimum atomic E-state index is -0.447. The van der Waals surface area contributed by atoms with E-state index in [1.807, 2.05) is 20.2 Å². The molecule has 0 radical (unpaired) electrons. The molecule has 0 aliphatic heterocycles. The van der Waals surface area contributed by atoms with E-state index >= 15 is 0 Å². The summed E-state index contributed by atoms with van der Waals surface area (Å²) in [5.41, 5.74) is 2.31. The van der Waals surface area contributed by atoms with E-state index in [1.54, 1.807) is 10.7 Å². The summed E-state index contributed by atoms with van der Waals surface area (Å²) < 4.78 is 6.78. The van der Waals surface area contributed by atoms with E-state index in [4.69, 9.17) is 4.74 Å². The highest BCUT2D eigenvalue weighted by Gasteiger charge is 2.12. The number of nitro benzene ring substituents is 1. The Labute approximate surface area is 116 Å². The third kappa shape index (κ3) is 2.87. The summed E-state index contributed by atoms with van der Waals surface area (Å²) in [6.07, 6.45) is 2.61. The number of nitro groups is 1. The highest BCUT2D eigenvalue weighted by atomic mass is 16.6. The van der Waals surface area contributed by atoms with Gasteiger partial charge >= 0.3 is 0 Å². The Balaban J connectivity index is 2.37. The largest absolute Gasteiger partial charge is 0.496 e. The fourth-order valence-corrected chi connectivity index (χ4v) is 1.93. The van der Waals surface area contributed by atoms with E-state index in [-0.39, 0.29) is 5.69 Å². The van der Waals surface area contributed by atoms with Crippen LogP contribution in [0.15, 0.2) is 24.4 Å². The third-order valence-corrected chi connectivity index (χ3v) is 2.86. The SMILES string of the molecule is CCc1nn(C)cc1Nc1cc(OC)cc([N+](=O)[O-])c1. The van der Waals surface area contributed by atoms with Crippen LogP contribution in [0, 0.1) is 10.1 Å². The summed E-state index contributed by atoms with van der Waals surface area (Å²) in [7, 11) is 3.31. The van der Waals surface area contributed by atoms with Gasteiger partial charge in [-0.3, -0.25) is 14.8 Å². The number of aromatic nitrogens is 2. The molecule has 0 unspecified atom stereocenters. The zero-order valence-electron chi connectivity index (χ0n) is 11.6. The van der Waals surface area contributed by atoms with Gasteiger partial charge in [0, 0.05) is 31.1 Å². The van der Waals surface area contributed by atoms with Gasteiger partial charge in [0.2, 0.25) is 0 Å². The maximum absolute atomic E-state index is 10.9. The average molecular weight is 276 g/mol. The number of anilines is 2. The summed E-state index contributed by atoms with van der Waals surface area (Å²) in [6, 6.07) is 4.56. The molecular formula is C13H16N4O3. The number of ether oxygens (including phenoxy) is 1. The Morgan fingerprint density at radius 3 is 2.80 bits per heavy atom. The monoisotopic (exact) mass is 276 g/mol. The van der Waals surface area contributed by atoms with E-state index in [2.05, 4.69) is 10.4 Å². The lowest BCUT2D eigenvalue weighted by atomic mass is 10.2. The van der Waals surface area contributed by atoms with Crippen molar-refractivity contribution >= 4 is 17.1 Å². The van der Waals surface area contributed by atoms with Crippen LogP contribution < -0.4 is 10.1 Å². The first-order valence-electron chi connectivity index (χ1n) is 6.16. The van der Waals surface area contributed by atoms with E-state index in [0.29, 0.717) is 11.4 Å². The van der Waals surface area contributed by atoms with Gasteiger partial charge in [0.15, 0.2) is 0 Å². The van der Waals surface area contributed by atoms with Crippen LogP contribution in [0.3, 0.4) is 0 Å². The number of aryl methyl sites for hydroxylation is 2. The van der Waals surface area contributed by atoms with Crippen LogP contribution in [0.25, 0.3) is 0 Å². The van der Waals surface area contributed by atoms with Crippen molar-refractivity contribution in [3.63, 3.8) is 0 Å². The Morgan fingerprint density at radius 1 is 1.45 bits per heavy atom. The van der Waals surface area contributed by atoms with Gasteiger partial charge in [-0.15, -0.1) is 0 Å². The molecule has 1 aromatic heterocycles. The van der Waals surface area contributed by atoms with E-state index in [1.165, 1.54) is 19.2 Å². The van der Waals surface area contributed by atoms with E-state index in [9.17, 15) is 10.1 Å². The third-order valence-electron chi connectivity index (χ3n) is 2.86. The number of non-ortho nitro benzene ring substituents is 1. The molecule has 1 heterocycles. The molecule has 7 heteroatoms. The lowest BCUT2D eigenvalue weighted by Gasteiger charge is -2.07. The predicted molar refractivity (Wildman–Crippen MR) is 75.5 cm³/mol. The number of benzene rings is 1. The quantitative estimate of drug-likeness (QED) is 0.670. The second-order valence-electron chi connectivity index (χ2n) is 4.32. The average Bonchev–Trinajstić information content (AvgIpc) is 2.78. The normalized spacial score (nSPS) is 10.3. The summed E-state index contributed by atoms with van der Waals surface area (Å²) in [5.74, 6) is 0.434. The van der Waals surface area contributed by atoms with Crippen LogP contribution in [0.2, 0.25) is 0 Å². The van der Waals surface area contributed by atoms with Crippen LogP contribution in [0.5, 0.6) is 5.75 Å². The Bertz CT molecular complexity index is 637. The smallest absolute Gasteiger partial charge is 0.275 e. The molecule has 0 spiro atoms. The molecule has 7 nitrogen and oxygen atoms in total. The Hall–Kier alpha value is -2.57. The first kappa shape index (κ1) is 13.9. The lowest BCUT2D eigenvalue weighted by molar-refractivity contribution is -0.384. The van der Waals surface area contributed by atoms with Gasteiger partial charge in [-0.05, 0) is 6.42 Å². The molecule has 0 saturated heterocycles. The second kappa shape index (κ2) is 5.60. The second-order valence-corrected chi connectivity index (χ2v) is 4.32. The lowest BCUT2D eigenvalue weighted by Crippen LogP contribution is -1.96. The van der Waals surface area contributed by atoms with Gasteiger partial charge in [0.1, 0.15) is 5.75 Å². The fourth-order valence-electron chi connectivity index (χ4n) is 1.93. The summed E-state index contributed by atoms with van der Waals surface area (Å²) >= 11 is 0. The molecule has 0 aliphatic rings. The van der Waals surface area contributed by atoms with Gasteiger partial charge in [0.25, 0.3) is 5.69 Å². The summed E-state index contributed by atoms with van der Waals surface area (Å²) in [5, 5.41) is 18.4. The van der Waals surface area contributed by atoms with E-state index < -0.39 is 4.92 Å². The highest BCUT2D eigenvalue weighted by molar-refractivity contribution is 5.65. The zero-order valence-corrected chi connectivity index (χ0v) is 11.6. The molecule has 1 N–H and O–H groups in total. The van der Waals surface area contributed by atoms with Crippen LogP contribution in [0.4, 0.5) is 17.1 Å². The van der Waals surface area contributed by atoms with Gasteiger partial charge in [-0.25, -0.2) is 0 Å². The van der Waals surface area contributed by atoms with Gasteiger partial charge in [-0.2, -0.15) is 5.10 Å². The number of nitrogens with zero attached hydrogens (tertiary/aromatic N) is 3. The molecule has 2 aromatic rings. The molecule has 0 aliphatic carbocycles. The van der Waals surface area contributed by atoms with Crippen LogP contribution in [-0.4, -0.2) is 21.8 Å². The van der Waals surface area contributed by atoms with Crippen LogP contribution in [0.1, 0.15) is 12.6 Å². The van der Waals surface area contributed by atoms with Crippen LogP contribution in [-0.2, 0) is 13.5 Å². The predicted octanol–water partition coefficient (Wildman–Crippen LogP) is 2.64. The maximum Gasteiger partial charge on any atom is 0.275 e. The molecule has 20 heavy (non-hydrogen) atoms. The number of rotatable bonds is 5. The van der Waals surface area contributed by atoms with E-state index in [0.717, 1.165) is 17.8 Å². The standard InChI is InChI=1S/C13H16N4O3/c1-4-12-13(8-16(2)15-12)14-9-5-10(17(18)19)7-11(6-9)20-3/h5-8,14H,4H2,1-3H3. The first-order valence-corrected chi connectivity index (χ1v) is 6.16. The molecule has 1 aromatic carbocycles. The zero-order chi connectivity index (χ0) is 14.7. The summed E-state index contributed by atoms with van der Waals surface area (Å²) in [4.78, 5) is 10.5. The highest BCUT2D eigenvalue weighted by Crippen LogP contribution is 2.29. The molecule has 0 saturated carbocycles. The Kier molecular flexibility index (Phi) is 3.88. The number of methoxy groups -OCH3 is 1. The van der Waals surface area contributed by atoms with Gasteiger partial charge in [-0.1, -0.05) is 6.92 Å². The van der Waals surface area contributed by atoms with Gasteiger partial charge < -0.3 is 10.1 Å². The maximum atomic E-state index is 10.9. The van der Waals surface area contributed by atoms with Crippen molar-refractivity contribution < 1.29 is 9.66 Å². The first-order chi connectivity index (χ1) is 9.53. The molecular weight excluding hydrogens is 260 g/mol. The minimum absolute atomic E-state index is 0.0196. The van der Waals surface area contributed by atoms with Crippen molar-refractivity contribution in [3.05, 3.63) is 40.2 Å². The minimum Gasteiger partial charge on any atom is -0.496 e. The summed E-state index contributed by atoms with van der Waals surface area (Å²) in [6.45, 7) is 2.00. The van der Waals surface area contributed by atoms with Crippen molar-refractivity contribution in [1.82, 2.24) is 9.78 Å². The Morgan fingerprint density at radius 2 is 2.20 bits per heavy atom. The molecule has 0 atom stereocenters. The van der Waals surface area contributed by atoms with Crippen molar-refractivity contribution in [2.45, 2.75) is 13.3 Å². The fraction of sp³-hybridized carbons (Fsp3) is 0.308. The van der Waals surface area contributed by atoms with Crippen molar-refractivity contribution in [3.8, 4) is 5.75 Å². The van der Waals surface area contributed by atoms with Crippen molar-refractivity contribution in [2.24, 2.45) is 7.05 Å². The number of hydrogen-bond acceptors (Lipinski definition) is 5. The van der Waals surface area contributed by atoms with Crippen molar-refractivity contribution in [1.29, 1.82) is 0 Å². The number of nitrogens with one attached hydrogen (secondary N) is 1. The topological polar surface area (TPSA) is 82.2 Å². The van der Waals surface area contributed by atoms with Gasteiger partial charge in [0.05, 0.1) is 29.5 Å². The van der Waals surface area contributed by atoms with Crippen LogP contribution >= 0.6 is 0 Å². The molecule has 0 amide bonds. The molecule has 0 bridgehead atoms. The molecule has 0 fully saturated rings. The molecule has 106 valence electrons. The number of hydrogen-bond donors (Lipinski definition) is 1.